The fourth-order valence-corrected chi connectivity index (χ4v) is 2.61. The number of carboxylic acid groups (broad SMARTS) is 1. The second-order valence-corrected chi connectivity index (χ2v) is 7.46. The molecule has 1 atom stereocenters. The first kappa shape index (κ1) is 20.0. The van der Waals surface area contributed by atoms with Gasteiger partial charge in [0.2, 0.25) is 5.91 Å². The van der Waals surface area contributed by atoms with Crippen LogP contribution in [0.25, 0.3) is 0 Å². The quantitative estimate of drug-likeness (QED) is 0.658. The lowest BCUT2D eigenvalue weighted by molar-refractivity contribution is -0.142. The summed E-state index contributed by atoms with van der Waals surface area (Å²) in [6.45, 7) is 2.02. The number of benzene rings is 1. The number of ether oxygens (including phenoxy) is 1. The van der Waals surface area contributed by atoms with Crippen molar-refractivity contribution in [3.05, 3.63) is 24.3 Å². The van der Waals surface area contributed by atoms with E-state index in [2.05, 4.69) is 5.32 Å². The molecule has 0 aliphatic carbocycles. The van der Waals surface area contributed by atoms with Gasteiger partial charge in [-0.05, 0) is 30.7 Å². The SMILES string of the molecule is CCCC[C@H](NC(=O)CCOc1ccc(S(C)(=O)=O)cc1)C(=O)O. The van der Waals surface area contributed by atoms with Crippen molar-refractivity contribution >= 4 is 21.7 Å². The van der Waals surface area contributed by atoms with Crippen molar-refractivity contribution in [2.75, 3.05) is 12.9 Å². The topological polar surface area (TPSA) is 110 Å². The van der Waals surface area contributed by atoms with Gasteiger partial charge in [-0.2, -0.15) is 0 Å². The predicted molar refractivity (Wildman–Crippen MR) is 88.8 cm³/mol. The molecule has 0 aliphatic rings. The first-order valence-corrected chi connectivity index (χ1v) is 9.58. The molecule has 0 aliphatic heterocycles. The Morgan fingerprint density at radius 1 is 1.25 bits per heavy atom. The Kier molecular flexibility index (Phi) is 7.70. The number of rotatable bonds is 10. The minimum absolute atomic E-state index is 0.0176. The number of amides is 1. The fraction of sp³-hybridized carbons (Fsp3) is 0.500. The van der Waals surface area contributed by atoms with Gasteiger partial charge in [0.15, 0.2) is 9.84 Å². The van der Waals surface area contributed by atoms with Crippen LogP contribution >= 0.6 is 0 Å². The molecule has 2 N–H and O–H groups in total. The molecule has 0 bridgehead atoms. The molecule has 1 amide bonds. The standard InChI is InChI=1S/C16H23NO6S/c1-3-4-5-14(16(19)20)17-15(18)10-11-23-12-6-8-13(9-7-12)24(2,21)22/h6-9,14H,3-5,10-11H2,1-2H3,(H,17,18)(H,19,20)/t14-/m0/s1. The van der Waals surface area contributed by atoms with E-state index in [1.807, 2.05) is 6.92 Å². The number of carbonyl (C=O) groups is 2. The molecule has 1 rings (SSSR count). The van der Waals surface area contributed by atoms with Gasteiger partial charge >= 0.3 is 5.97 Å². The van der Waals surface area contributed by atoms with Gasteiger partial charge in [-0.15, -0.1) is 0 Å². The molecule has 0 saturated heterocycles. The van der Waals surface area contributed by atoms with Gasteiger partial charge in [-0.25, -0.2) is 13.2 Å². The summed E-state index contributed by atoms with van der Waals surface area (Å²) in [7, 11) is -3.26. The normalized spacial score (nSPS) is 12.4. The van der Waals surface area contributed by atoms with Crippen molar-refractivity contribution < 1.29 is 27.9 Å². The highest BCUT2D eigenvalue weighted by molar-refractivity contribution is 7.90. The highest BCUT2D eigenvalue weighted by Gasteiger charge is 2.18. The van der Waals surface area contributed by atoms with Crippen molar-refractivity contribution in [3.63, 3.8) is 0 Å². The zero-order chi connectivity index (χ0) is 18.2. The molecule has 0 heterocycles. The molecule has 1 aromatic carbocycles. The molecule has 0 aromatic heterocycles. The lowest BCUT2D eigenvalue weighted by Crippen LogP contribution is -2.41. The third kappa shape index (κ3) is 6.99. The van der Waals surface area contributed by atoms with Crippen LogP contribution in [0, 0.1) is 0 Å². The summed E-state index contributed by atoms with van der Waals surface area (Å²) >= 11 is 0. The average Bonchev–Trinajstić information content (AvgIpc) is 2.50. The molecular formula is C16H23NO6S. The lowest BCUT2D eigenvalue weighted by Gasteiger charge is -2.14. The Hall–Kier alpha value is -2.09. The maximum Gasteiger partial charge on any atom is 0.326 e. The van der Waals surface area contributed by atoms with Crippen LogP contribution in [0.1, 0.15) is 32.6 Å². The number of carbonyl (C=O) groups excluding carboxylic acids is 1. The number of hydrogen-bond donors (Lipinski definition) is 2. The second kappa shape index (κ2) is 9.27. The number of sulfone groups is 1. The van der Waals surface area contributed by atoms with Crippen LogP contribution in [-0.2, 0) is 19.4 Å². The molecule has 1 aromatic rings. The fourth-order valence-electron chi connectivity index (χ4n) is 1.98. The Bertz CT molecular complexity index is 654. The highest BCUT2D eigenvalue weighted by atomic mass is 32.2. The summed E-state index contributed by atoms with van der Waals surface area (Å²) in [5.74, 6) is -1.00. The Balaban J connectivity index is 2.43. The van der Waals surface area contributed by atoms with Gasteiger partial charge in [0.05, 0.1) is 17.9 Å². The van der Waals surface area contributed by atoms with Gasteiger partial charge in [-0.1, -0.05) is 19.8 Å². The van der Waals surface area contributed by atoms with E-state index in [0.29, 0.717) is 12.2 Å². The summed E-state index contributed by atoms with van der Waals surface area (Å²) in [6, 6.07) is 4.99. The van der Waals surface area contributed by atoms with E-state index in [1.54, 1.807) is 0 Å². The van der Waals surface area contributed by atoms with Gasteiger partial charge < -0.3 is 15.2 Å². The number of nitrogens with one attached hydrogen (secondary N) is 1. The number of unbranched alkanes of at least 4 members (excludes halogenated alkanes) is 1. The van der Waals surface area contributed by atoms with Gasteiger partial charge in [0.25, 0.3) is 0 Å². The highest BCUT2D eigenvalue weighted by Crippen LogP contribution is 2.15. The van der Waals surface area contributed by atoms with Crippen LogP contribution in [0.2, 0.25) is 0 Å². The van der Waals surface area contributed by atoms with E-state index in [9.17, 15) is 18.0 Å². The lowest BCUT2D eigenvalue weighted by atomic mass is 10.1. The second-order valence-electron chi connectivity index (χ2n) is 5.44. The minimum atomic E-state index is -3.26. The minimum Gasteiger partial charge on any atom is -0.493 e. The molecule has 0 fully saturated rings. The average molecular weight is 357 g/mol. The maximum atomic E-state index is 11.8. The van der Waals surface area contributed by atoms with E-state index >= 15 is 0 Å². The third-order valence-electron chi connectivity index (χ3n) is 3.33. The first-order valence-electron chi connectivity index (χ1n) is 7.69. The van der Waals surface area contributed by atoms with Crippen LogP contribution in [-0.4, -0.2) is 44.3 Å². The summed E-state index contributed by atoms with van der Waals surface area (Å²) in [6.07, 6.45) is 3.10. The predicted octanol–water partition coefficient (Wildman–Crippen LogP) is 1.62. The van der Waals surface area contributed by atoms with Crippen molar-refractivity contribution in [1.29, 1.82) is 0 Å². The molecule has 24 heavy (non-hydrogen) atoms. The molecule has 134 valence electrons. The number of carboxylic acids is 1. The molecule has 7 nitrogen and oxygen atoms in total. The van der Waals surface area contributed by atoms with Crippen LogP contribution in [0.3, 0.4) is 0 Å². The Labute approximate surface area is 141 Å². The van der Waals surface area contributed by atoms with Gasteiger partial charge in [0.1, 0.15) is 11.8 Å². The van der Waals surface area contributed by atoms with Crippen LogP contribution in [0.4, 0.5) is 0 Å². The van der Waals surface area contributed by atoms with Gasteiger partial charge in [-0.3, -0.25) is 4.79 Å². The monoisotopic (exact) mass is 357 g/mol. The van der Waals surface area contributed by atoms with E-state index < -0.39 is 27.8 Å². The molecule has 0 spiro atoms. The maximum absolute atomic E-state index is 11.8. The summed E-state index contributed by atoms with van der Waals surface area (Å²) in [4.78, 5) is 23.0. The van der Waals surface area contributed by atoms with Crippen molar-refractivity contribution in [1.82, 2.24) is 5.32 Å². The van der Waals surface area contributed by atoms with Crippen LogP contribution < -0.4 is 10.1 Å². The van der Waals surface area contributed by atoms with E-state index in [4.69, 9.17) is 9.84 Å². The zero-order valence-electron chi connectivity index (χ0n) is 13.8. The first-order chi connectivity index (χ1) is 11.2. The Morgan fingerprint density at radius 2 is 1.88 bits per heavy atom. The smallest absolute Gasteiger partial charge is 0.326 e. The van der Waals surface area contributed by atoms with Crippen molar-refractivity contribution in [2.45, 2.75) is 43.5 Å². The Morgan fingerprint density at radius 3 is 2.38 bits per heavy atom. The largest absolute Gasteiger partial charge is 0.493 e. The molecule has 0 radical (unpaired) electrons. The van der Waals surface area contributed by atoms with E-state index in [0.717, 1.165) is 19.1 Å². The number of aliphatic carboxylic acids is 1. The third-order valence-corrected chi connectivity index (χ3v) is 4.46. The van der Waals surface area contributed by atoms with Crippen molar-refractivity contribution in [3.8, 4) is 5.75 Å². The van der Waals surface area contributed by atoms with E-state index in [1.165, 1.54) is 24.3 Å². The molecule has 8 heteroatoms. The summed E-state index contributed by atoms with van der Waals surface area (Å²) in [5.41, 5.74) is 0. The van der Waals surface area contributed by atoms with E-state index in [-0.39, 0.29) is 17.9 Å². The number of hydrogen-bond acceptors (Lipinski definition) is 5. The van der Waals surface area contributed by atoms with Crippen LogP contribution in [0.5, 0.6) is 5.75 Å². The summed E-state index contributed by atoms with van der Waals surface area (Å²) < 4.78 is 28.0. The van der Waals surface area contributed by atoms with Gasteiger partial charge in [0, 0.05) is 6.26 Å². The molecular weight excluding hydrogens is 334 g/mol. The zero-order valence-corrected chi connectivity index (χ0v) is 14.6. The van der Waals surface area contributed by atoms with Crippen molar-refractivity contribution in [2.24, 2.45) is 0 Å². The molecule has 0 saturated carbocycles. The molecule has 0 unspecified atom stereocenters. The van der Waals surface area contributed by atoms with Crippen LogP contribution in [0.15, 0.2) is 29.2 Å². The summed E-state index contributed by atoms with van der Waals surface area (Å²) in [5, 5.41) is 11.5.